The summed E-state index contributed by atoms with van der Waals surface area (Å²) in [6.45, 7) is 4.22. The summed E-state index contributed by atoms with van der Waals surface area (Å²) in [7, 11) is 0. The summed E-state index contributed by atoms with van der Waals surface area (Å²) in [5.74, 6) is 1.39. The van der Waals surface area contributed by atoms with Gasteiger partial charge in [-0.15, -0.1) is 23.2 Å². The summed E-state index contributed by atoms with van der Waals surface area (Å²) in [6.07, 6.45) is 1.97. The van der Waals surface area contributed by atoms with Crippen LogP contribution in [0.4, 0.5) is 0 Å². The van der Waals surface area contributed by atoms with E-state index in [0.717, 1.165) is 12.8 Å². The molecule has 0 aromatic heterocycles. The molecule has 0 aliphatic rings. The predicted octanol–water partition coefficient (Wildman–Crippen LogP) is 4.33. The number of halogens is 2. The summed E-state index contributed by atoms with van der Waals surface area (Å²) in [4.78, 5) is 0. The van der Waals surface area contributed by atoms with Gasteiger partial charge in [0, 0.05) is 46.3 Å². The zero-order chi connectivity index (χ0) is 10.1. The second kappa shape index (κ2) is 9.78. The molecule has 0 heterocycles. The van der Waals surface area contributed by atoms with Crippen LogP contribution >= 0.6 is 47.3 Å². The van der Waals surface area contributed by atoms with Crippen molar-refractivity contribution in [2.45, 2.75) is 37.2 Å². The van der Waals surface area contributed by atoms with Crippen LogP contribution in [0.2, 0.25) is 0 Å². The van der Waals surface area contributed by atoms with Crippen molar-refractivity contribution in [3.05, 3.63) is 0 Å². The highest BCUT2D eigenvalue weighted by atomic mass is 35.5. The molecule has 0 radical (unpaired) electrons. The van der Waals surface area contributed by atoms with E-state index in [1.54, 1.807) is 0 Å². The molecular weight excluding hydrogens is 247 g/mol. The maximum atomic E-state index is 5.59. The van der Waals surface area contributed by atoms with Crippen LogP contribution in [0.3, 0.4) is 0 Å². The number of hydrogen-bond acceptors (Lipinski definition) is 3. The summed E-state index contributed by atoms with van der Waals surface area (Å²) < 4.78 is 5.38. The average molecular weight is 263 g/mol. The molecule has 0 aromatic carbocycles. The lowest BCUT2D eigenvalue weighted by Gasteiger charge is -2.10. The van der Waals surface area contributed by atoms with Gasteiger partial charge in [-0.05, 0) is 12.8 Å². The predicted molar refractivity (Wildman–Crippen MR) is 65.9 cm³/mol. The Labute approximate surface area is 99.7 Å². The molecular formula is C8H16Cl2OS2. The van der Waals surface area contributed by atoms with Crippen molar-refractivity contribution in [2.24, 2.45) is 0 Å². The van der Waals surface area contributed by atoms with Gasteiger partial charge >= 0.3 is 0 Å². The van der Waals surface area contributed by atoms with E-state index in [9.17, 15) is 0 Å². The quantitative estimate of drug-likeness (QED) is 0.476. The molecule has 0 bridgehead atoms. The molecule has 0 aliphatic carbocycles. The van der Waals surface area contributed by atoms with Crippen LogP contribution in [0.1, 0.15) is 26.7 Å². The molecule has 0 rings (SSSR count). The summed E-state index contributed by atoms with van der Waals surface area (Å²) in [5, 5.41) is 0.932. The molecule has 0 N–H and O–H groups in total. The lowest BCUT2D eigenvalue weighted by molar-refractivity contribution is 0.712. The third kappa shape index (κ3) is 9.54. The lowest BCUT2D eigenvalue weighted by atomic mass is 10.4. The van der Waals surface area contributed by atoms with Crippen molar-refractivity contribution < 1.29 is 3.63 Å². The van der Waals surface area contributed by atoms with E-state index in [1.165, 1.54) is 24.1 Å². The van der Waals surface area contributed by atoms with E-state index in [-0.39, 0.29) is 0 Å². The van der Waals surface area contributed by atoms with Crippen molar-refractivity contribution in [3.8, 4) is 0 Å². The molecule has 0 saturated carbocycles. The fourth-order valence-corrected chi connectivity index (χ4v) is 3.16. The number of rotatable bonds is 8. The second-order valence-corrected chi connectivity index (χ2v) is 6.13. The Morgan fingerprint density at radius 3 is 1.69 bits per heavy atom. The SMILES string of the molecule is CC(CCCl)SOSC(C)CCCl. The van der Waals surface area contributed by atoms with Gasteiger partial charge in [0.1, 0.15) is 0 Å². The molecule has 0 aromatic rings. The second-order valence-electron chi connectivity index (χ2n) is 2.84. The van der Waals surface area contributed by atoms with Crippen molar-refractivity contribution in [3.63, 3.8) is 0 Å². The molecule has 0 aliphatic heterocycles. The van der Waals surface area contributed by atoms with E-state index in [0.29, 0.717) is 22.3 Å². The van der Waals surface area contributed by atoms with Gasteiger partial charge in [-0.2, -0.15) is 0 Å². The number of hydrogen-bond donors (Lipinski definition) is 0. The summed E-state index contributed by atoms with van der Waals surface area (Å²) in [6, 6.07) is 0. The van der Waals surface area contributed by atoms with Crippen molar-refractivity contribution >= 4 is 47.3 Å². The largest absolute Gasteiger partial charge is 0.247 e. The zero-order valence-corrected chi connectivity index (χ0v) is 11.1. The molecule has 0 saturated heterocycles. The Kier molecular flexibility index (Phi) is 10.7. The van der Waals surface area contributed by atoms with Gasteiger partial charge in [-0.1, -0.05) is 13.8 Å². The van der Waals surface area contributed by atoms with Gasteiger partial charge in [-0.25, -0.2) is 3.63 Å². The first-order valence-electron chi connectivity index (χ1n) is 4.31. The van der Waals surface area contributed by atoms with E-state index in [2.05, 4.69) is 13.8 Å². The van der Waals surface area contributed by atoms with Crippen molar-refractivity contribution in [1.82, 2.24) is 0 Å². The van der Waals surface area contributed by atoms with Crippen LogP contribution < -0.4 is 0 Å². The van der Waals surface area contributed by atoms with Crippen molar-refractivity contribution in [2.75, 3.05) is 11.8 Å². The third-order valence-corrected chi connectivity index (χ3v) is 3.63. The third-order valence-electron chi connectivity index (χ3n) is 1.44. The smallest absolute Gasteiger partial charge is 0.0307 e. The van der Waals surface area contributed by atoms with Crippen LogP contribution in [0.5, 0.6) is 0 Å². The van der Waals surface area contributed by atoms with Crippen LogP contribution in [-0.2, 0) is 3.63 Å². The van der Waals surface area contributed by atoms with Gasteiger partial charge in [0.15, 0.2) is 0 Å². The normalized spacial score (nSPS) is 15.7. The van der Waals surface area contributed by atoms with Gasteiger partial charge < -0.3 is 0 Å². The minimum Gasteiger partial charge on any atom is -0.247 e. The molecule has 0 amide bonds. The maximum Gasteiger partial charge on any atom is 0.0307 e. The highest BCUT2D eigenvalue weighted by Crippen LogP contribution is 2.26. The van der Waals surface area contributed by atoms with Gasteiger partial charge in [-0.3, -0.25) is 0 Å². The first kappa shape index (κ1) is 14.2. The van der Waals surface area contributed by atoms with Crippen LogP contribution in [0, 0.1) is 0 Å². The highest BCUT2D eigenvalue weighted by Gasteiger charge is 2.06. The summed E-state index contributed by atoms with van der Waals surface area (Å²) >= 11 is 14.2. The molecule has 2 atom stereocenters. The monoisotopic (exact) mass is 262 g/mol. The minimum atomic E-state index is 0.466. The standard InChI is InChI=1S/C8H16Cl2OS2/c1-7(3-5-9)12-11-13-8(2)4-6-10/h7-8H,3-6H2,1-2H3. The zero-order valence-electron chi connectivity index (χ0n) is 7.96. The first-order chi connectivity index (χ1) is 6.20. The lowest BCUT2D eigenvalue weighted by Crippen LogP contribution is -1.99. The number of alkyl halides is 2. The fourth-order valence-electron chi connectivity index (χ4n) is 0.560. The van der Waals surface area contributed by atoms with E-state index in [4.69, 9.17) is 26.8 Å². The van der Waals surface area contributed by atoms with Gasteiger partial charge in [0.25, 0.3) is 0 Å². The Morgan fingerprint density at radius 2 is 1.38 bits per heavy atom. The highest BCUT2D eigenvalue weighted by molar-refractivity contribution is 8.08. The van der Waals surface area contributed by atoms with Crippen LogP contribution in [-0.4, -0.2) is 22.3 Å². The minimum absolute atomic E-state index is 0.466. The molecule has 0 spiro atoms. The molecule has 13 heavy (non-hydrogen) atoms. The topological polar surface area (TPSA) is 9.23 Å². The Morgan fingerprint density at radius 1 is 1.00 bits per heavy atom. The van der Waals surface area contributed by atoms with E-state index in [1.807, 2.05) is 0 Å². The van der Waals surface area contributed by atoms with Gasteiger partial charge in [0.05, 0.1) is 0 Å². The van der Waals surface area contributed by atoms with E-state index >= 15 is 0 Å². The van der Waals surface area contributed by atoms with Crippen molar-refractivity contribution in [1.29, 1.82) is 0 Å². The van der Waals surface area contributed by atoms with Crippen LogP contribution in [0.15, 0.2) is 0 Å². The molecule has 1 nitrogen and oxygen atoms in total. The fraction of sp³-hybridized carbons (Fsp3) is 1.00. The Hall–Kier alpha value is 1.24. The molecule has 0 fully saturated rings. The summed E-state index contributed by atoms with van der Waals surface area (Å²) in [5.41, 5.74) is 0. The van der Waals surface area contributed by atoms with E-state index < -0.39 is 0 Å². The maximum absolute atomic E-state index is 5.59. The molecule has 80 valence electrons. The van der Waals surface area contributed by atoms with Gasteiger partial charge in [0.2, 0.25) is 0 Å². The first-order valence-corrected chi connectivity index (χ1v) is 6.99. The molecule has 2 unspecified atom stereocenters. The Balaban J connectivity index is 3.23. The Bertz CT molecular complexity index is 104. The molecule has 5 heteroatoms. The van der Waals surface area contributed by atoms with Crippen LogP contribution in [0.25, 0.3) is 0 Å². The average Bonchev–Trinajstić information content (AvgIpc) is 2.05.